The first-order valence-corrected chi connectivity index (χ1v) is 6.19. The topological polar surface area (TPSA) is 45.5 Å². The van der Waals surface area contributed by atoms with Crippen molar-refractivity contribution >= 4 is 0 Å². The first-order chi connectivity index (χ1) is 8.08. The van der Waals surface area contributed by atoms with E-state index in [4.69, 9.17) is 0 Å². The Labute approximate surface area is 102 Å². The van der Waals surface area contributed by atoms with Crippen LogP contribution >= 0.6 is 0 Å². The number of aryl methyl sites for hydroxylation is 1. The van der Waals surface area contributed by atoms with E-state index in [1.165, 1.54) is 12.3 Å². The molecule has 0 aliphatic heterocycles. The Balaban J connectivity index is 2.85. The minimum Gasteiger partial charge on any atom is -0.503 e. The minimum atomic E-state index is -0.300. The Morgan fingerprint density at radius 1 is 1.29 bits per heavy atom. The van der Waals surface area contributed by atoms with Crippen LogP contribution in [0.5, 0.6) is 5.75 Å². The van der Waals surface area contributed by atoms with Gasteiger partial charge in [-0.15, -0.1) is 0 Å². The summed E-state index contributed by atoms with van der Waals surface area (Å²) >= 11 is 0. The Bertz CT molecular complexity index is 406. The fourth-order valence-corrected chi connectivity index (χ4v) is 1.95. The number of aromatic hydroxyl groups is 1. The fourth-order valence-electron chi connectivity index (χ4n) is 1.95. The highest BCUT2D eigenvalue weighted by Gasteiger charge is 2.08. The summed E-state index contributed by atoms with van der Waals surface area (Å²) < 4.78 is 1.81. The van der Waals surface area contributed by atoms with Crippen molar-refractivity contribution in [1.29, 1.82) is 0 Å². The summed E-state index contributed by atoms with van der Waals surface area (Å²) in [7, 11) is 1.85. The van der Waals surface area contributed by atoms with Crippen molar-refractivity contribution in [2.24, 2.45) is 7.05 Å². The largest absolute Gasteiger partial charge is 0.503 e. The number of rotatable bonds is 6. The van der Waals surface area contributed by atoms with Crippen LogP contribution in [0.1, 0.15) is 32.4 Å². The van der Waals surface area contributed by atoms with Gasteiger partial charge in [0.15, 0.2) is 5.75 Å². The average molecular weight is 238 g/mol. The molecule has 96 valence electrons. The third-order valence-electron chi connectivity index (χ3n) is 2.78. The normalized spacial score (nSPS) is 11.1. The molecule has 0 aromatic carbocycles. The predicted molar refractivity (Wildman–Crippen MR) is 69.2 cm³/mol. The average Bonchev–Trinajstić information content (AvgIpc) is 2.26. The summed E-state index contributed by atoms with van der Waals surface area (Å²) in [5.41, 5.74) is 0.640. The molecule has 1 aromatic rings. The van der Waals surface area contributed by atoms with Crippen LogP contribution in [0.3, 0.4) is 0 Å². The van der Waals surface area contributed by atoms with Crippen molar-refractivity contribution in [3.8, 4) is 5.75 Å². The lowest BCUT2D eigenvalue weighted by molar-refractivity contribution is 0.260. The number of pyridine rings is 1. The number of aromatic nitrogens is 1. The molecular formula is C13H22N2O2. The molecule has 0 amide bonds. The quantitative estimate of drug-likeness (QED) is 0.820. The Morgan fingerprint density at radius 3 is 2.41 bits per heavy atom. The molecule has 17 heavy (non-hydrogen) atoms. The van der Waals surface area contributed by atoms with Crippen molar-refractivity contribution in [3.63, 3.8) is 0 Å². The molecule has 0 aliphatic carbocycles. The van der Waals surface area contributed by atoms with Gasteiger partial charge >= 0.3 is 0 Å². The molecule has 0 unspecified atom stereocenters. The zero-order valence-electron chi connectivity index (χ0n) is 10.9. The van der Waals surface area contributed by atoms with Crippen molar-refractivity contribution in [2.75, 3.05) is 13.1 Å². The molecule has 1 N–H and O–H groups in total. The highest BCUT2D eigenvalue weighted by Crippen LogP contribution is 2.07. The van der Waals surface area contributed by atoms with Crippen LogP contribution < -0.4 is 5.43 Å². The number of hydrogen-bond donors (Lipinski definition) is 1. The first kappa shape index (κ1) is 13.8. The predicted octanol–water partition coefficient (Wildman–Crippen LogP) is 1.71. The van der Waals surface area contributed by atoms with Gasteiger partial charge in [-0.25, -0.2) is 0 Å². The van der Waals surface area contributed by atoms with Gasteiger partial charge < -0.3 is 9.67 Å². The van der Waals surface area contributed by atoms with Crippen molar-refractivity contribution < 1.29 is 5.11 Å². The van der Waals surface area contributed by atoms with Gasteiger partial charge in [-0.05, 0) is 25.9 Å². The maximum Gasteiger partial charge on any atom is 0.223 e. The van der Waals surface area contributed by atoms with E-state index in [2.05, 4.69) is 18.7 Å². The summed E-state index contributed by atoms with van der Waals surface area (Å²) in [6.07, 6.45) is 3.69. The SMILES string of the molecule is CCCN(CCC)Cc1cc(=O)c(O)cn1C. The van der Waals surface area contributed by atoms with Gasteiger partial charge in [-0.1, -0.05) is 13.8 Å². The molecule has 0 aliphatic rings. The van der Waals surface area contributed by atoms with Gasteiger partial charge in [-0.3, -0.25) is 9.69 Å². The Hall–Kier alpha value is -1.29. The number of hydrogen-bond acceptors (Lipinski definition) is 3. The molecule has 4 heteroatoms. The van der Waals surface area contributed by atoms with E-state index in [0.29, 0.717) is 0 Å². The summed E-state index contributed by atoms with van der Waals surface area (Å²) in [5, 5.41) is 9.32. The molecule has 0 saturated heterocycles. The monoisotopic (exact) mass is 238 g/mol. The van der Waals surface area contributed by atoms with Gasteiger partial charge in [0.2, 0.25) is 5.43 Å². The van der Waals surface area contributed by atoms with Gasteiger partial charge in [0.1, 0.15) is 0 Å². The maximum absolute atomic E-state index is 11.4. The minimum absolute atomic E-state index is 0.186. The maximum atomic E-state index is 11.4. The van der Waals surface area contributed by atoms with Crippen molar-refractivity contribution in [3.05, 3.63) is 28.2 Å². The van der Waals surface area contributed by atoms with Crippen molar-refractivity contribution in [1.82, 2.24) is 9.47 Å². The van der Waals surface area contributed by atoms with Crippen LogP contribution in [-0.2, 0) is 13.6 Å². The van der Waals surface area contributed by atoms with Crippen LogP contribution in [0.2, 0.25) is 0 Å². The fraction of sp³-hybridized carbons (Fsp3) is 0.615. The lowest BCUT2D eigenvalue weighted by atomic mass is 10.2. The summed E-state index contributed by atoms with van der Waals surface area (Å²) in [5.74, 6) is -0.186. The van der Waals surface area contributed by atoms with Crippen molar-refractivity contribution in [2.45, 2.75) is 33.2 Å². The van der Waals surface area contributed by atoms with Crippen LogP contribution in [0, 0.1) is 0 Å². The van der Waals surface area contributed by atoms with E-state index in [0.717, 1.165) is 38.2 Å². The smallest absolute Gasteiger partial charge is 0.223 e. The summed E-state index contributed by atoms with van der Waals surface area (Å²) in [6, 6.07) is 1.52. The van der Waals surface area contributed by atoms with Crippen LogP contribution in [0.25, 0.3) is 0 Å². The number of nitrogens with zero attached hydrogens (tertiary/aromatic N) is 2. The molecule has 1 rings (SSSR count). The van der Waals surface area contributed by atoms with Gasteiger partial charge in [0.05, 0.1) is 0 Å². The molecule has 0 spiro atoms. The van der Waals surface area contributed by atoms with Gasteiger partial charge in [-0.2, -0.15) is 0 Å². The second-order valence-electron chi connectivity index (χ2n) is 4.40. The molecule has 0 fully saturated rings. The van der Waals surface area contributed by atoms with E-state index in [1.54, 1.807) is 0 Å². The molecule has 0 saturated carbocycles. The molecule has 0 atom stereocenters. The molecule has 0 bridgehead atoms. The second-order valence-corrected chi connectivity index (χ2v) is 4.40. The highest BCUT2D eigenvalue weighted by molar-refractivity contribution is 5.20. The second kappa shape index (κ2) is 6.45. The summed E-state index contributed by atoms with van der Waals surface area (Å²) in [4.78, 5) is 13.7. The van der Waals surface area contributed by atoms with E-state index < -0.39 is 0 Å². The first-order valence-electron chi connectivity index (χ1n) is 6.19. The Kier molecular flexibility index (Phi) is 5.22. The van der Waals surface area contributed by atoms with Gasteiger partial charge in [0, 0.05) is 31.5 Å². The van der Waals surface area contributed by atoms with E-state index in [1.807, 2.05) is 11.6 Å². The van der Waals surface area contributed by atoms with E-state index >= 15 is 0 Å². The van der Waals surface area contributed by atoms with Crippen LogP contribution in [0.4, 0.5) is 0 Å². The van der Waals surface area contributed by atoms with E-state index in [-0.39, 0.29) is 11.2 Å². The molecule has 0 radical (unpaired) electrons. The standard InChI is InChI=1S/C13H22N2O2/c1-4-6-15(7-5-2)9-11-8-12(16)13(17)10-14(11)3/h8,10,17H,4-7,9H2,1-3H3. The highest BCUT2D eigenvalue weighted by atomic mass is 16.3. The Morgan fingerprint density at radius 2 is 1.88 bits per heavy atom. The molecule has 1 aromatic heterocycles. The summed E-state index contributed by atoms with van der Waals surface area (Å²) in [6.45, 7) is 7.12. The lowest BCUT2D eigenvalue weighted by Gasteiger charge is -2.22. The zero-order valence-corrected chi connectivity index (χ0v) is 10.9. The molecular weight excluding hydrogens is 216 g/mol. The van der Waals surface area contributed by atoms with Crippen LogP contribution in [0.15, 0.2) is 17.1 Å². The zero-order chi connectivity index (χ0) is 12.8. The van der Waals surface area contributed by atoms with Crippen LogP contribution in [-0.4, -0.2) is 27.7 Å². The third-order valence-corrected chi connectivity index (χ3v) is 2.78. The molecule has 4 nitrogen and oxygen atoms in total. The van der Waals surface area contributed by atoms with E-state index in [9.17, 15) is 9.90 Å². The lowest BCUT2D eigenvalue weighted by Crippen LogP contribution is -2.27. The third kappa shape index (κ3) is 3.89. The molecule has 1 heterocycles. The van der Waals surface area contributed by atoms with Gasteiger partial charge in [0.25, 0.3) is 0 Å².